The third-order valence-electron chi connectivity index (χ3n) is 4.68. The highest BCUT2D eigenvalue weighted by molar-refractivity contribution is 7.89. The molecule has 0 spiro atoms. The lowest BCUT2D eigenvalue weighted by atomic mass is 10.1. The van der Waals surface area contributed by atoms with Gasteiger partial charge in [0.15, 0.2) is 0 Å². The molecule has 1 aromatic carbocycles. The quantitative estimate of drug-likeness (QED) is 0.718. The summed E-state index contributed by atoms with van der Waals surface area (Å²) in [6.45, 7) is 1.43. The molecular formula is C17H26ClN3O4S. The zero-order valence-electron chi connectivity index (χ0n) is 15.0. The molecule has 9 heteroatoms. The van der Waals surface area contributed by atoms with E-state index in [1.54, 1.807) is 12.1 Å². The molecule has 2 fully saturated rings. The molecule has 1 unspecified atom stereocenters. The number of hydrogen-bond acceptors (Lipinski definition) is 5. The van der Waals surface area contributed by atoms with E-state index < -0.39 is 10.0 Å². The summed E-state index contributed by atoms with van der Waals surface area (Å²) in [5, 5.41) is 3.11. The van der Waals surface area contributed by atoms with Crippen molar-refractivity contribution in [3.05, 3.63) is 23.8 Å². The monoisotopic (exact) mass is 403 g/mol. The summed E-state index contributed by atoms with van der Waals surface area (Å²) in [6, 6.07) is 4.75. The fourth-order valence-corrected chi connectivity index (χ4v) is 4.72. The van der Waals surface area contributed by atoms with Gasteiger partial charge in [-0.3, -0.25) is 4.79 Å². The Morgan fingerprint density at radius 2 is 2.04 bits per heavy atom. The number of carbonyl (C=O) groups excluding carboxylic acids is 1. The molecule has 0 bridgehead atoms. The second-order valence-electron chi connectivity index (χ2n) is 6.61. The van der Waals surface area contributed by atoms with E-state index in [0.29, 0.717) is 12.1 Å². The van der Waals surface area contributed by atoms with Crippen molar-refractivity contribution in [1.29, 1.82) is 0 Å². The topological polar surface area (TPSA) is 87.7 Å². The number of likely N-dealkylation sites (N-methyl/N-ethyl adjacent to an activating group) is 1. The number of halogens is 1. The van der Waals surface area contributed by atoms with E-state index in [1.807, 2.05) is 11.9 Å². The molecule has 1 amide bonds. The van der Waals surface area contributed by atoms with Crippen LogP contribution in [0.2, 0.25) is 0 Å². The lowest BCUT2D eigenvalue weighted by Gasteiger charge is -2.25. The average molecular weight is 404 g/mol. The number of ether oxygens (including phenoxy) is 1. The normalized spacial score (nSPS) is 19.9. The van der Waals surface area contributed by atoms with Gasteiger partial charge in [-0.1, -0.05) is 0 Å². The van der Waals surface area contributed by atoms with Crippen LogP contribution in [-0.4, -0.2) is 58.6 Å². The number of carbonyl (C=O) groups is 1. The van der Waals surface area contributed by atoms with Crippen molar-refractivity contribution in [2.24, 2.45) is 0 Å². The molecule has 1 aliphatic carbocycles. The maximum absolute atomic E-state index is 12.9. The van der Waals surface area contributed by atoms with Gasteiger partial charge in [-0.15, -0.1) is 12.4 Å². The van der Waals surface area contributed by atoms with E-state index >= 15 is 0 Å². The smallest absolute Gasteiger partial charge is 0.254 e. The summed E-state index contributed by atoms with van der Waals surface area (Å²) in [7, 11) is -0.411. The molecule has 1 saturated heterocycles. The second kappa shape index (κ2) is 8.56. The summed E-state index contributed by atoms with van der Waals surface area (Å²) >= 11 is 0. The second-order valence-corrected chi connectivity index (χ2v) is 8.30. The van der Waals surface area contributed by atoms with Crippen LogP contribution in [0.15, 0.2) is 23.1 Å². The van der Waals surface area contributed by atoms with Crippen LogP contribution in [0, 0.1) is 0 Å². The zero-order chi connectivity index (χ0) is 18.0. The summed E-state index contributed by atoms with van der Waals surface area (Å²) in [5.41, 5.74) is 0.375. The Balaban J connectivity index is 0.00000243. The Hall–Kier alpha value is -1.35. The highest BCUT2D eigenvalue weighted by atomic mass is 35.5. The Labute approximate surface area is 160 Å². The predicted octanol–water partition coefficient (Wildman–Crippen LogP) is 1.38. The van der Waals surface area contributed by atoms with Gasteiger partial charge in [-0.2, -0.15) is 0 Å². The maximum Gasteiger partial charge on any atom is 0.254 e. The molecular weight excluding hydrogens is 378 g/mol. The summed E-state index contributed by atoms with van der Waals surface area (Å²) in [4.78, 5) is 14.7. The molecule has 1 aromatic rings. The van der Waals surface area contributed by atoms with Crippen LogP contribution in [-0.2, 0) is 10.0 Å². The molecule has 1 atom stereocenters. The van der Waals surface area contributed by atoms with Crippen molar-refractivity contribution < 1.29 is 17.9 Å². The Bertz CT molecular complexity index is 752. The van der Waals surface area contributed by atoms with Gasteiger partial charge in [0.25, 0.3) is 5.91 Å². The van der Waals surface area contributed by atoms with Crippen LogP contribution < -0.4 is 14.8 Å². The predicted molar refractivity (Wildman–Crippen MR) is 102 cm³/mol. The number of sulfonamides is 1. The van der Waals surface area contributed by atoms with E-state index in [1.165, 1.54) is 13.2 Å². The number of amides is 1. The minimum atomic E-state index is -3.70. The number of nitrogens with one attached hydrogen (secondary N) is 2. The molecule has 26 heavy (non-hydrogen) atoms. The molecule has 3 rings (SSSR count). The van der Waals surface area contributed by atoms with E-state index in [2.05, 4.69) is 10.0 Å². The number of benzene rings is 1. The van der Waals surface area contributed by atoms with Crippen LogP contribution in [0.5, 0.6) is 5.75 Å². The van der Waals surface area contributed by atoms with Crippen molar-refractivity contribution in [3.63, 3.8) is 0 Å². The minimum absolute atomic E-state index is 0. The molecule has 0 radical (unpaired) electrons. The minimum Gasteiger partial charge on any atom is -0.495 e. The molecule has 1 heterocycles. The van der Waals surface area contributed by atoms with Gasteiger partial charge in [0, 0.05) is 30.7 Å². The first-order chi connectivity index (χ1) is 12.0. The third kappa shape index (κ3) is 4.49. The zero-order valence-corrected chi connectivity index (χ0v) is 16.7. The molecule has 2 aliphatic rings. The van der Waals surface area contributed by atoms with Gasteiger partial charge in [-0.25, -0.2) is 13.1 Å². The molecule has 1 aliphatic heterocycles. The van der Waals surface area contributed by atoms with Crippen molar-refractivity contribution >= 4 is 28.3 Å². The van der Waals surface area contributed by atoms with Crippen LogP contribution in [0.3, 0.4) is 0 Å². The summed E-state index contributed by atoms with van der Waals surface area (Å²) < 4.78 is 33.0. The van der Waals surface area contributed by atoms with E-state index in [-0.39, 0.29) is 41.0 Å². The van der Waals surface area contributed by atoms with Crippen LogP contribution in [0.25, 0.3) is 0 Å². The van der Waals surface area contributed by atoms with Crippen molar-refractivity contribution in [1.82, 2.24) is 14.9 Å². The highest BCUT2D eigenvalue weighted by Crippen LogP contribution is 2.29. The summed E-state index contributed by atoms with van der Waals surface area (Å²) in [6.07, 6.45) is 3.61. The number of methoxy groups -OCH3 is 1. The summed E-state index contributed by atoms with van der Waals surface area (Å²) in [5.74, 6) is 0.112. The molecule has 0 aromatic heterocycles. The standard InChI is InChI=1S/C17H25N3O4S.ClH/c1-18-11-14-4-3-9-20(14)17(21)12-5-8-15(24-2)16(10-12)25(22,23)19-13-6-7-13;/h5,8,10,13-14,18-19H,3-4,6-7,9,11H2,1-2H3;1H. The van der Waals surface area contributed by atoms with Crippen molar-refractivity contribution in [3.8, 4) is 5.75 Å². The first-order valence-corrected chi connectivity index (χ1v) is 10.1. The highest BCUT2D eigenvalue weighted by Gasteiger charge is 2.32. The van der Waals surface area contributed by atoms with E-state index in [4.69, 9.17) is 4.74 Å². The SMILES string of the molecule is CNCC1CCCN1C(=O)c1ccc(OC)c(S(=O)(=O)NC2CC2)c1.Cl. The van der Waals surface area contributed by atoms with Gasteiger partial charge >= 0.3 is 0 Å². The third-order valence-corrected chi connectivity index (χ3v) is 6.22. The molecule has 2 N–H and O–H groups in total. The van der Waals surface area contributed by atoms with E-state index in [9.17, 15) is 13.2 Å². The van der Waals surface area contributed by atoms with Crippen LogP contribution in [0.4, 0.5) is 0 Å². The number of nitrogens with zero attached hydrogens (tertiary/aromatic N) is 1. The van der Waals surface area contributed by atoms with Crippen LogP contribution in [0.1, 0.15) is 36.0 Å². The van der Waals surface area contributed by atoms with Gasteiger partial charge in [0.2, 0.25) is 10.0 Å². The number of likely N-dealkylation sites (tertiary alicyclic amines) is 1. The number of hydrogen-bond donors (Lipinski definition) is 2. The number of rotatable bonds is 7. The van der Waals surface area contributed by atoms with Gasteiger partial charge < -0.3 is 15.0 Å². The van der Waals surface area contributed by atoms with Gasteiger partial charge in [0.1, 0.15) is 10.6 Å². The maximum atomic E-state index is 12.9. The van der Waals surface area contributed by atoms with Crippen LogP contribution >= 0.6 is 12.4 Å². The Morgan fingerprint density at radius 1 is 1.31 bits per heavy atom. The fourth-order valence-electron chi connectivity index (χ4n) is 3.22. The van der Waals surface area contributed by atoms with E-state index in [0.717, 1.165) is 32.2 Å². The largest absolute Gasteiger partial charge is 0.495 e. The first-order valence-electron chi connectivity index (χ1n) is 8.62. The fraction of sp³-hybridized carbons (Fsp3) is 0.588. The molecule has 146 valence electrons. The van der Waals surface area contributed by atoms with Gasteiger partial charge in [0.05, 0.1) is 7.11 Å². The van der Waals surface area contributed by atoms with Gasteiger partial charge in [-0.05, 0) is 50.9 Å². The lowest BCUT2D eigenvalue weighted by molar-refractivity contribution is 0.0736. The van der Waals surface area contributed by atoms with Crippen molar-refractivity contribution in [2.45, 2.75) is 42.7 Å². The molecule has 1 saturated carbocycles. The lowest BCUT2D eigenvalue weighted by Crippen LogP contribution is -2.40. The molecule has 7 nitrogen and oxygen atoms in total. The first kappa shape index (κ1) is 21.0. The Kier molecular flexibility index (Phi) is 6.90. The Morgan fingerprint density at radius 3 is 2.65 bits per heavy atom. The average Bonchev–Trinajstić information content (AvgIpc) is 3.28. The van der Waals surface area contributed by atoms with Crippen molar-refractivity contribution in [2.75, 3.05) is 27.2 Å².